The van der Waals surface area contributed by atoms with E-state index in [1.807, 2.05) is 0 Å². The largest absolute Gasteiger partial charge is 0.496 e. The first-order valence-electron chi connectivity index (χ1n) is 10.9. The van der Waals surface area contributed by atoms with Gasteiger partial charge in [-0.2, -0.15) is 15.1 Å². The Morgan fingerprint density at radius 2 is 2.00 bits per heavy atom. The van der Waals surface area contributed by atoms with Crippen molar-refractivity contribution in [1.82, 2.24) is 30.4 Å². The molecule has 4 rings (SSSR count). The quantitative estimate of drug-likeness (QED) is 0.447. The highest BCUT2D eigenvalue weighted by Crippen LogP contribution is 2.27. The fourth-order valence-electron chi connectivity index (χ4n) is 3.79. The summed E-state index contributed by atoms with van der Waals surface area (Å²) in [6, 6.07) is 6.70. The van der Waals surface area contributed by atoms with Gasteiger partial charge in [-0.3, -0.25) is 10.00 Å². The smallest absolute Gasteiger partial charge is 0.319 e. The van der Waals surface area contributed by atoms with Crippen LogP contribution in [0.2, 0.25) is 0 Å². The average molecular weight is 426 g/mol. The number of fused-ring (bicyclic) bond motifs is 1. The van der Waals surface area contributed by atoms with Crippen LogP contribution in [0, 0.1) is 0 Å². The Bertz CT molecular complexity index is 1010. The average Bonchev–Trinajstić information content (AvgIpc) is 3.19. The van der Waals surface area contributed by atoms with Crippen LogP contribution in [0.5, 0.6) is 11.8 Å². The van der Waals surface area contributed by atoms with E-state index in [-0.39, 0.29) is 0 Å². The molecule has 1 aliphatic heterocycles. The topological polar surface area (TPSA) is 114 Å². The predicted molar refractivity (Wildman–Crippen MR) is 120 cm³/mol. The SMILES string of the molecule is CCCCOc1nc(N)c2n[nH]c(Cc3ccc(CN4CCNCC4)cc3OC)c2n1. The number of anilines is 1. The second kappa shape index (κ2) is 9.93. The molecule has 0 aliphatic carbocycles. The number of piperazine rings is 1. The van der Waals surface area contributed by atoms with Crippen LogP contribution >= 0.6 is 0 Å². The number of nitrogens with zero attached hydrogens (tertiary/aromatic N) is 4. The molecule has 9 nitrogen and oxygen atoms in total. The molecule has 0 atom stereocenters. The lowest BCUT2D eigenvalue weighted by Crippen LogP contribution is -2.42. The molecule has 4 N–H and O–H groups in total. The number of H-pyrrole nitrogens is 1. The minimum atomic E-state index is 0.291. The molecule has 0 spiro atoms. The standard InChI is InChI=1S/C22H31N7O2/c1-3-4-11-31-22-25-19-17(27-28-20(19)21(23)26-22)13-16-6-5-15(12-18(16)30-2)14-29-9-7-24-8-10-29/h5-6,12,24H,3-4,7-11,13-14H2,1-2H3,(H,27,28)(H2,23,25,26). The molecule has 1 fully saturated rings. The minimum Gasteiger partial charge on any atom is -0.496 e. The van der Waals surface area contributed by atoms with Crippen LogP contribution in [-0.2, 0) is 13.0 Å². The molecule has 0 saturated carbocycles. The molecule has 1 saturated heterocycles. The molecule has 1 aliphatic rings. The molecule has 3 heterocycles. The zero-order valence-corrected chi connectivity index (χ0v) is 18.3. The van der Waals surface area contributed by atoms with Crippen LogP contribution in [0.3, 0.4) is 0 Å². The number of ether oxygens (including phenoxy) is 2. The maximum atomic E-state index is 6.09. The lowest BCUT2D eigenvalue weighted by atomic mass is 10.0. The summed E-state index contributed by atoms with van der Waals surface area (Å²) >= 11 is 0. The van der Waals surface area contributed by atoms with E-state index in [1.165, 1.54) is 5.56 Å². The van der Waals surface area contributed by atoms with Crippen LogP contribution in [0.1, 0.15) is 36.6 Å². The number of nitrogen functional groups attached to an aromatic ring is 1. The summed E-state index contributed by atoms with van der Waals surface area (Å²) in [5, 5.41) is 10.8. The zero-order chi connectivity index (χ0) is 21.6. The van der Waals surface area contributed by atoms with E-state index in [1.54, 1.807) is 7.11 Å². The number of methoxy groups -OCH3 is 1. The molecule has 2 aromatic heterocycles. The van der Waals surface area contributed by atoms with E-state index in [0.717, 1.165) is 62.6 Å². The number of hydrogen-bond donors (Lipinski definition) is 3. The monoisotopic (exact) mass is 425 g/mol. The van der Waals surface area contributed by atoms with Gasteiger partial charge in [-0.05, 0) is 18.1 Å². The van der Waals surface area contributed by atoms with Gasteiger partial charge < -0.3 is 20.5 Å². The molecule has 31 heavy (non-hydrogen) atoms. The van der Waals surface area contributed by atoms with E-state index >= 15 is 0 Å². The first kappa shape index (κ1) is 21.3. The van der Waals surface area contributed by atoms with Crippen LogP contribution in [0.15, 0.2) is 18.2 Å². The first-order chi connectivity index (χ1) is 15.2. The van der Waals surface area contributed by atoms with Gasteiger partial charge in [0.2, 0.25) is 0 Å². The Morgan fingerprint density at radius 3 is 2.77 bits per heavy atom. The Morgan fingerprint density at radius 1 is 1.16 bits per heavy atom. The number of rotatable bonds is 9. The second-order valence-electron chi connectivity index (χ2n) is 7.84. The molecule has 1 aromatic carbocycles. The van der Waals surface area contributed by atoms with Crippen LogP contribution in [0.4, 0.5) is 5.82 Å². The summed E-state index contributed by atoms with van der Waals surface area (Å²) in [6.07, 6.45) is 2.58. The molecule has 9 heteroatoms. The van der Waals surface area contributed by atoms with Crippen molar-refractivity contribution in [3.63, 3.8) is 0 Å². The van der Waals surface area contributed by atoms with Crippen molar-refractivity contribution in [2.24, 2.45) is 0 Å². The summed E-state index contributed by atoms with van der Waals surface area (Å²) in [4.78, 5) is 11.2. The van der Waals surface area contributed by atoms with Crippen molar-refractivity contribution in [1.29, 1.82) is 0 Å². The van der Waals surface area contributed by atoms with E-state index in [2.05, 4.69) is 55.5 Å². The highest BCUT2D eigenvalue weighted by atomic mass is 16.5. The number of aromatic nitrogens is 4. The molecule has 0 amide bonds. The van der Waals surface area contributed by atoms with Crippen molar-refractivity contribution in [3.8, 4) is 11.8 Å². The number of hydrogen-bond acceptors (Lipinski definition) is 8. The zero-order valence-electron chi connectivity index (χ0n) is 18.3. The Balaban J connectivity index is 1.55. The summed E-state index contributed by atoms with van der Waals surface area (Å²) in [5.74, 6) is 1.18. The molecular formula is C22H31N7O2. The first-order valence-corrected chi connectivity index (χ1v) is 10.9. The summed E-state index contributed by atoms with van der Waals surface area (Å²) in [7, 11) is 1.71. The number of nitrogens with two attached hydrogens (primary N) is 1. The van der Waals surface area contributed by atoms with Gasteiger partial charge in [0.25, 0.3) is 0 Å². The Labute approximate surface area is 182 Å². The van der Waals surface area contributed by atoms with Gasteiger partial charge in [-0.25, -0.2) is 0 Å². The van der Waals surface area contributed by atoms with Crippen LogP contribution in [0.25, 0.3) is 11.0 Å². The highest BCUT2D eigenvalue weighted by Gasteiger charge is 2.17. The van der Waals surface area contributed by atoms with E-state index in [9.17, 15) is 0 Å². The molecule has 0 radical (unpaired) electrons. The number of nitrogens with one attached hydrogen (secondary N) is 2. The minimum absolute atomic E-state index is 0.291. The van der Waals surface area contributed by atoms with Crippen molar-refractivity contribution in [3.05, 3.63) is 35.0 Å². The fourth-order valence-corrected chi connectivity index (χ4v) is 3.79. The van der Waals surface area contributed by atoms with Gasteiger partial charge in [0.05, 0.1) is 19.4 Å². The number of unbranched alkanes of at least 4 members (excludes halogenated alkanes) is 1. The van der Waals surface area contributed by atoms with Gasteiger partial charge in [0, 0.05) is 44.7 Å². The normalized spacial score (nSPS) is 14.8. The van der Waals surface area contributed by atoms with Crippen molar-refractivity contribution >= 4 is 16.9 Å². The van der Waals surface area contributed by atoms with E-state index in [4.69, 9.17) is 15.2 Å². The van der Waals surface area contributed by atoms with Gasteiger partial charge in [-0.1, -0.05) is 25.5 Å². The molecular weight excluding hydrogens is 394 g/mol. The molecule has 0 bridgehead atoms. The molecule has 0 unspecified atom stereocenters. The predicted octanol–water partition coefficient (Wildman–Crippen LogP) is 2.12. The van der Waals surface area contributed by atoms with Crippen LogP contribution < -0.4 is 20.5 Å². The lowest BCUT2D eigenvalue weighted by molar-refractivity contribution is 0.233. The highest BCUT2D eigenvalue weighted by molar-refractivity contribution is 5.86. The maximum absolute atomic E-state index is 6.09. The maximum Gasteiger partial charge on any atom is 0.319 e. The summed E-state index contributed by atoms with van der Waals surface area (Å²) in [5.41, 5.74) is 10.5. The van der Waals surface area contributed by atoms with Gasteiger partial charge in [-0.15, -0.1) is 0 Å². The fraction of sp³-hybridized carbons (Fsp3) is 0.500. The third kappa shape index (κ3) is 5.05. The van der Waals surface area contributed by atoms with Crippen molar-refractivity contribution in [2.45, 2.75) is 32.7 Å². The van der Waals surface area contributed by atoms with E-state index in [0.29, 0.717) is 35.9 Å². The third-order valence-corrected chi connectivity index (χ3v) is 5.54. The van der Waals surface area contributed by atoms with Crippen LogP contribution in [-0.4, -0.2) is 65.0 Å². The lowest BCUT2D eigenvalue weighted by Gasteiger charge is -2.27. The third-order valence-electron chi connectivity index (χ3n) is 5.54. The number of benzene rings is 1. The summed E-state index contributed by atoms with van der Waals surface area (Å²) in [6.45, 7) is 7.80. The van der Waals surface area contributed by atoms with E-state index < -0.39 is 0 Å². The van der Waals surface area contributed by atoms with Crippen molar-refractivity contribution < 1.29 is 9.47 Å². The van der Waals surface area contributed by atoms with Gasteiger partial charge in [0.1, 0.15) is 11.3 Å². The second-order valence-corrected chi connectivity index (χ2v) is 7.84. The van der Waals surface area contributed by atoms with Crippen molar-refractivity contribution in [2.75, 3.05) is 45.6 Å². The summed E-state index contributed by atoms with van der Waals surface area (Å²) < 4.78 is 11.4. The van der Waals surface area contributed by atoms with Gasteiger partial charge >= 0.3 is 6.01 Å². The molecule has 166 valence electrons. The molecule has 3 aromatic rings. The van der Waals surface area contributed by atoms with Gasteiger partial charge in [0.15, 0.2) is 11.3 Å². The number of aromatic amines is 1. The Kier molecular flexibility index (Phi) is 6.83. The Hall–Kier alpha value is -2.91.